The van der Waals surface area contributed by atoms with Crippen molar-refractivity contribution in [2.75, 3.05) is 43.1 Å². The van der Waals surface area contributed by atoms with Crippen LogP contribution in [0.15, 0.2) is 42.5 Å². The van der Waals surface area contributed by atoms with Gasteiger partial charge in [0.2, 0.25) is 0 Å². The summed E-state index contributed by atoms with van der Waals surface area (Å²) in [7, 11) is 0. The average molecular weight is 381 g/mol. The zero-order valence-corrected chi connectivity index (χ0v) is 15.0. The summed E-state index contributed by atoms with van der Waals surface area (Å²) in [5.74, 6) is 0.113. The van der Waals surface area contributed by atoms with Crippen LogP contribution in [-0.4, -0.2) is 38.8 Å². The maximum atomic E-state index is 12.1. The van der Waals surface area contributed by atoms with Gasteiger partial charge in [-0.15, -0.1) is 0 Å². The van der Waals surface area contributed by atoms with Gasteiger partial charge >= 0.3 is 0 Å². The Morgan fingerprint density at radius 1 is 1.16 bits per heavy atom. The van der Waals surface area contributed by atoms with Gasteiger partial charge in [0, 0.05) is 35.6 Å². The molecule has 0 aliphatic carbocycles. The minimum Gasteiger partial charge on any atom is -0.482 e. The zero-order valence-electron chi connectivity index (χ0n) is 13.5. The number of nitrogens with zero attached hydrogens (tertiary/aromatic N) is 1. The van der Waals surface area contributed by atoms with Crippen molar-refractivity contribution >= 4 is 40.5 Å². The van der Waals surface area contributed by atoms with E-state index in [1.165, 1.54) is 0 Å². The quantitative estimate of drug-likeness (QED) is 0.855. The van der Waals surface area contributed by atoms with E-state index >= 15 is 0 Å². The summed E-state index contributed by atoms with van der Waals surface area (Å²) >= 11 is 11.9. The van der Waals surface area contributed by atoms with Gasteiger partial charge in [-0.25, -0.2) is 0 Å². The summed E-state index contributed by atoms with van der Waals surface area (Å²) in [6.07, 6.45) is 0. The Kier molecular flexibility index (Phi) is 6.02. The largest absolute Gasteiger partial charge is 0.482 e. The van der Waals surface area contributed by atoms with Gasteiger partial charge < -0.3 is 19.7 Å². The smallest absolute Gasteiger partial charge is 0.262 e. The highest BCUT2D eigenvalue weighted by Gasteiger charge is 2.12. The third-order valence-corrected chi connectivity index (χ3v) is 4.31. The first kappa shape index (κ1) is 17.9. The predicted molar refractivity (Wildman–Crippen MR) is 100 cm³/mol. The van der Waals surface area contributed by atoms with Crippen molar-refractivity contribution in [3.8, 4) is 5.75 Å². The zero-order chi connectivity index (χ0) is 17.6. The summed E-state index contributed by atoms with van der Waals surface area (Å²) in [5, 5.41) is 3.73. The van der Waals surface area contributed by atoms with Crippen LogP contribution < -0.4 is 15.0 Å². The average Bonchev–Trinajstić information content (AvgIpc) is 2.63. The molecule has 1 heterocycles. The maximum absolute atomic E-state index is 12.1. The molecule has 2 aromatic carbocycles. The number of rotatable bonds is 5. The fourth-order valence-electron chi connectivity index (χ4n) is 2.53. The number of amides is 1. The predicted octanol–water partition coefficient (Wildman–Crippen LogP) is 3.85. The van der Waals surface area contributed by atoms with Crippen molar-refractivity contribution in [1.82, 2.24) is 0 Å². The Hall–Kier alpha value is -1.95. The number of nitrogens with one attached hydrogen (secondary N) is 1. The number of hydrogen-bond donors (Lipinski definition) is 1. The molecule has 25 heavy (non-hydrogen) atoms. The fourth-order valence-corrected chi connectivity index (χ4v) is 2.86. The van der Waals surface area contributed by atoms with E-state index in [-0.39, 0.29) is 12.5 Å². The first-order valence-electron chi connectivity index (χ1n) is 7.92. The van der Waals surface area contributed by atoms with Crippen LogP contribution in [0.2, 0.25) is 10.0 Å². The van der Waals surface area contributed by atoms with Gasteiger partial charge in [0.1, 0.15) is 5.75 Å². The van der Waals surface area contributed by atoms with E-state index in [1.807, 2.05) is 24.3 Å². The first-order chi connectivity index (χ1) is 12.1. The molecule has 0 saturated carbocycles. The third kappa shape index (κ3) is 5.01. The minimum absolute atomic E-state index is 0.151. The number of benzene rings is 2. The molecule has 1 saturated heterocycles. The van der Waals surface area contributed by atoms with Crippen LogP contribution in [0.4, 0.5) is 11.4 Å². The molecule has 1 aliphatic rings. The molecule has 132 valence electrons. The van der Waals surface area contributed by atoms with Crippen LogP contribution in [0.1, 0.15) is 0 Å². The van der Waals surface area contributed by atoms with E-state index in [0.717, 1.165) is 24.5 Å². The Morgan fingerprint density at radius 3 is 2.76 bits per heavy atom. The molecule has 7 heteroatoms. The highest BCUT2D eigenvalue weighted by atomic mass is 35.5. The summed E-state index contributed by atoms with van der Waals surface area (Å²) in [4.78, 5) is 14.3. The Morgan fingerprint density at radius 2 is 1.96 bits per heavy atom. The molecule has 2 aromatic rings. The molecular weight excluding hydrogens is 363 g/mol. The van der Waals surface area contributed by atoms with Crippen molar-refractivity contribution < 1.29 is 14.3 Å². The van der Waals surface area contributed by atoms with Gasteiger partial charge in [0.15, 0.2) is 6.61 Å². The molecule has 0 spiro atoms. The molecule has 1 N–H and O–H groups in total. The van der Waals surface area contributed by atoms with Gasteiger partial charge in [-0.1, -0.05) is 29.3 Å². The molecule has 1 aliphatic heterocycles. The lowest BCUT2D eigenvalue weighted by Gasteiger charge is -2.29. The van der Waals surface area contributed by atoms with Crippen molar-refractivity contribution in [1.29, 1.82) is 0 Å². The first-order valence-corrected chi connectivity index (χ1v) is 8.68. The lowest BCUT2D eigenvalue weighted by molar-refractivity contribution is -0.118. The Bertz CT molecular complexity index is 749. The second-order valence-corrected chi connectivity index (χ2v) is 6.40. The van der Waals surface area contributed by atoms with Gasteiger partial charge in [-0.3, -0.25) is 4.79 Å². The van der Waals surface area contributed by atoms with Crippen LogP contribution in [-0.2, 0) is 9.53 Å². The lowest BCUT2D eigenvalue weighted by Crippen LogP contribution is -2.36. The molecule has 1 amide bonds. The van der Waals surface area contributed by atoms with Crippen LogP contribution in [0, 0.1) is 0 Å². The second kappa shape index (κ2) is 8.43. The molecule has 0 atom stereocenters. The summed E-state index contributed by atoms with van der Waals surface area (Å²) in [6.45, 7) is 2.96. The topological polar surface area (TPSA) is 50.8 Å². The lowest BCUT2D eigenvalue weighted by atomic mass is 10.2. The molecule has 0 radical (unpaired) electrons. The number of ether oxygens (including phenoxy) is 2. The number of morpholine rings is 1. The van der Waals surface area contributed by atoms with Gasteiger partial charge in [-0.05, 0) is 30.3 Å². The fraction of sp³-hybridized carbons (Fsp3) is 0.278. The third-order valence-electron chi connectivity index (χ3n) is 3.76. The Balaban J connectivity index is 1.58. The minimum atomic E-state index is -0.268. The normalized spacial score (nSPS) is 14.2. The van der Waals surface area contributed by atoms with Crippen LogP contribution in [0.5, 0.6) is 5.75 Å². The Labute approximate surface area is 156 Å². The van der Waals surface area contributed by atoms with Crippen LogP contribution in [0.25, 0.3) is 0 Å². The van der Waals surface area contributed by atoms with Crippen molar-refractivity contribution in [3.63, 3.8) is 0 Å². The monoisotopic (exact) mass is 380 g/mol. The number of hydrogen-bond acceptors (Lipinski definition) is 4. The van der Waals surface area contributed by atoms with Gasteiger partial charge in [0.05, 0.1) is 18.2 Å². The molecule has 1 fully saturated rings. The maximum Gasteiger partial charge on any atom is 0.262 e. The second-order valence-electron chi connectivity index (χ2n) is 5.56. The highest BCUT2D eigenvalue weighted by molar-refractivity contribution is 6.34. The highest BCUT2D eigenvalue weighted by Crippen LogP contribution is 2.27. The number of anilines is 2. The van der Waals surface area contributed by atoms with Crippen LogP contribution >= 0.6 is 23.2 Å². The molecule has 0 aromatic heterocycles. The number of carbonyl (C=O) groups is 1. The molecule has 5 nitrogen and oxygen atoms in total. The summed E-state index contributed by atoms with van der Waals surface area (Å²) < 4.78 is 10.8. The molecule has 0 unspecified atom stereocenters. The standard InChI is InChI=1S/C18H18Cl2N2O3/c19-13-4-5-16(20)17(10-13)25-12-18(23)21-14-2-1-3-15(11-14)22-6-8-24-9-7-22/h1-5,10-11H,6-9,12H2,(H,21,23). The van der Waals surface area contributed by atoms with Crippen LogP contribution in [0.3, 0.4) is 0 Å². The van der Waals surface area contributed by atoms with Crippen molar-refractivity contribution in [2.24, 2.45) is 0 Å². The van der Waals surface area contributed by atoms with E-state index < -0.39 is 0 Å². The van der Waals surface area contributed by atoms with Gasteiger partial charge in [0.25, 0.3) is 5.91 Å². The molecule has 0 bridgehead atoms. The molecular formula is C18H18Cl2N2O3. The van der Waals surface area contributed by atoms with Crippen molar-refractivity contribution in [2.45, 2.75) is 0 Å². The van der Waals surface area contributed by atoms with Gasteiger partial charge in [-0.2, -0.15) is 0 Å². The summed E-state index contributed by atoms with van der Waals surface area (Å²) in [6, 6.07) is 12.6. The van der Waals surface area contributed by atoms with Crippen molar-refractivity contribution in [3.05, 3.63) is 52.5 Å². The molecule has 3 rings (SSSR count). The number of halogens is 2. The van der Waals surface area contributed by atoms with E-state index in [4.69, 9.17) is 32.7 Å². The summed E-state index contributed by atoms with van der Waals surface area (Å²) in [5.41, 5.74) is 1.77. The van der Waals surface area contributed by atoms with E-state index in [9.17, 15) is 4.79 Å². The van der Waals surface area contributed by atoms with E-state index in [1.54, 1.807) is 18.2 Å². The van der Waals surface area contributed by atoms with E-state index in [2.05, 4.69) is 10.2 Å². The van der Waals surface area contributed by atoms with E-state index in [0.29, 0.717) is 29.0 Å². The number of carbonyl (C=O) groups excluding carboxylic acids is 1. The SMILES string of the molecule is O=C(COc1cc(Cl)ccc1Cl)Nc1cccc(N2CCOCC2)c1.